The van der Waals surface area contributed by atoms with Crippen molar-refractivity contribution in [2.75, 3.05) is 0 Å². The molecule has 2 aromatic carbocycles. The summed E-state index contributed by atoms with van der Waals surface area (Å²) in [5.41, 5.74) is 0.787. The van der Waals surface area contributed by atoms with Gasteiger partial charge in [-0.2, -0.15) is 13.9 Å². The predicted molar refractivity (Wildman–Crippen MR) is 85.8 cm³/mol. The van der Waals surface area contributed by atoms with E-state index in [9.17, 15) is 23.5 Å². The van der Waals surface area contributed by atoms with Crippen LogP contribution in [-0.4, -0.2) is 38.5 Å². The molecule has 0 spiro atoms. The van der Waals surface area contributed by atoms with Crippen LogP contribution in [0.4, 0.5) is 8.78 Å². The molecule has 1 aromatic heterocycles. The predicted octanol–water partition coefficient (Wildman–Crippen LogP) is 3.08. The van der Waals surface area contributed by atoms with Gasteiger partial charge in [0, 0.05) is 5.39 Å². The van der Waals surface area contributed by atoms with Gasteiger partial charge < -0.3 is 14.9 Å². The van der Waals surface area contributed by atoms with Crippen molar-refractivity contribution in [3.05, 3.63) is 59.3 Å². The number of aromatic nitrogens is 2. The molecular weight excluding hydrogens is 350 g/mol. The zero-order chi connectivity index (χ0) is 18.8. The van der Waals surface area contributed by atoms with E-state index in [0.717, 1.165) is 0 Å². The Kier molecular flexibility index (Phi) is 4.53. The van der Waals surface area contributed by atoms with Crippen molar-refractivity contribution in [1.29, 1.82) is 0 Å². The normalized spacial score (nSPS) is 11.0. The van der Waals surface area contributed by atoms with E-state index < -0.39 is 18.6 Å². The second-order valence-corrected chi connectivity index (χ2v) is 5.37. The van der Waals surface area contributed by atoms with E-state index in [0.29, 0.717) is 16.5 Å². The second kappa shape index (κ2) is 6.79. The molecule has 0 saturated carbocycles. The number of benzene rings is 2. The molecule has 0 saturated heterocycles. The maximum absolute atomic E-state index is 12.2. The Hall–Kier alpha value is -3.49. The fourth-order valence-corrected chi connectivity index (χ4v) is 2.53. The number of rotatable bonds is 6. The van der Waals surface area contributed by atoms with Crippen molar-refractivity contribution < 1.29 is 33.3 Å². The smallest absolute Gasteiger partial charge is 0.387 e. The van der Waals surface area contributed by atoms with E-state index in [1.807, 2.05) is 0 Å². The van der Waals surface area contributed by atoms with E-state index in [-0.39, 0.29) is 23.6 Å². The molecule has 0 unspecified atom stereocenters. The van der Waals surface area contributed by atoms with Crippen LogP contribution in [0.1, 0.15) is 26.4 Å². The van der Waals surface area contributed by atoms with Crippen LogP contribution >= 0.6 is 0 Å². The molecule has 0 fully saturated rings. The van der Waals surface area contributed by atoms with Crippen molar-refractivity contribution >= 4 is 22.8 Å². The Morgan fingerprint density at radius 3 is 2.35 bits per heavy atom. The number of hydrogen-bond acceptors (Lipinski definition) is 4. The number of carboxylic acids is 2. The Balaban J connectivity index is 1.99. The number of aromatic carboxylic acids is 2. The Morgan fingerprint density at radius 2 is 1.77 bits per heavy atom. The third-order valence-corrected chi connectivity index (χ3v) is 3.68. The number of hydrogen-bond donors (Lipinski definition) is 2. The van der Waals surface area contributed by atoms with Gasteiger partial charge in [-0.15, -0.1) is 0 Å². The average molecular weight is 362 g/mol. The van der Waals surface area contributed by atoms with Gasteiger partial charge in [-0.1, -0.05) is 12.1 Å². The zero-order valence-electron chi connectivity index (χ0n) is 13.1. The second-order valence-electron chi connectivity index (χ2n) is 5.37. The summed E-state index contributed by atoms with van der Waals surface area (Å²) in [6.07, 6.45) is 0. The van der Waals surface area contributed by atoms with Crippen molar-refractivity contribution in [2.45, 2.75) is 13.2 Å². The highest BCUT2D eigenvalue weighted by atomic mass is 19.3. The van der Waals surface area contributed by atoms with Gasteiger partial charge in [0.2, 0.25) is 0 Å². The largest absolute Gasteiger partial charge is 0.478 e. The molecule has 1 heterocycles. The summed E-state index contributed by atoms with van der Waals surface area (Å²) < 4.78 is 30.0. The molecule has 0 bridgehead atoms. The molecule has 0 atom stereocenters. The molecule has 7 nitrogen and oxygen atoms in total. The van der Waals surface area contributed by atoms with Crippen LogP contribution in [0.2, 0.25) is 0 Å². The average Bonchev–Trinajstić information content (AvgIpc) is 2.94. The zero-order valence-corrected chi connectivity index (χ0v) is 13.1. The maximum atomic E-state index is 12.2. The summed E-state index contributed by atoms with van der Waals surface area (Å²) in [6, 6.07) is 9.82. The first-order valence-corrected chi connectivity index (χ1v) is 7.36. The summed E-state index contributed by atoms with van der Waals surface area (Å²) >= 11 is 0. The van der Waals surface area contributed by atoms with Gasteiger partial charge in [-0.3, -0.25) is 4.68 Å². The molecule has 3 aromatic rings. The minimum Gasteiger partial charge on any atom is -0.478 e. The van der Waals surface area contributed by atoms with Gasteiger partial charge in [-0.05, 0) is 35.9 Å². The number of carbonyl (C=O) groups is 2. The Bertz CT molecular complexity index is 983. The third-order valence-electron chi connectivity index (χ3n) is 3.68. The summed E-state index contributed by atoms with van der Waals surface area (Å²) in [5.74, 6) is -2.39. The van der Waals surface area contributed by atoms with Gasteiger partial charge in [0.15, 0.2) is 5.69 Å². The molecule has 0 radical (unpaired) electrons. The monoisotopic (exact) mass is 362 g/mol. The van der Waals surface area contributed by atoms with E-state index >= 15 is 0 Å². The van der Waals surface area contributed by atoms with Gasteiger partial charge in [0.1, 0.15) is 5.75 Å². The van der Waals surface area contributed by atoms with Crippen molar-refractivity contribution in [3.8, 4) is 5.75 Å². The minimum atomic E-state index is -2.93. The SMILES string of the molecule is O=C(O)c1ccc2c(C(=O)O)nn(Cc3ccc(OC(F)F)cc3)c2c1. The maximum Gasteiger partial charge on any atom is 0.387 e. The highest BCUT2D eigenvalue weighted by Gasteiger charge is 2.18. The summed E-state index contributed by atoms with van der Waals surface area (Å²) in [6.45, 7) is -2.80. The lowest BCUT2D eigenvalue weighted by Crippen LogP contribution is -2.05. The number of carboxylic acid groups (broad SMARTS) is 2. The van der Waals surface area contributed by atoms with Crippen LogP contribution in [0.3, 0.4) is 0 Å². The molecule has 0 aliphatic carbocycles. The first-order chi connectivity index (χ1) is 12.3. The number of halogens is 2. The molecule has 2 N–H and O–H groups in total. The fraction of sp³-hybridized carbons (Fsp3) is 0.118. The molecular formula is C17H12F2N2O5. The molecule has 0 amide bonds. The van der Waals surface area contributed by atoms with Crippen LogP contribution in [0.5, 0.6) is 5.75 Å². The van der Waals surface area contributed by atoms with Gasteiger partial charge in [0.05, 0.1) is 17.6 Å². The van der Waals surface area contributed by atoms with Gasteiger partial charge >= 0.3 is 18.6 Å². The van der Waals surface area contributed by atoms with Crippen LogP contribution in [0.15, 0.2) is 42.5 Å². The molecule has 0 aliphatic heterocycles. The fourth-order valence-electron chi connectivity index (χ4n) is 2.53. The molecule has 0 aliphatic rings. The van der Waals surface area contributed by atoms with E-state index in [2.05, 4.69) is 9.84 Å². The molecule has 134 valence electrons. The Labute approximate surface area is 145 Å². The van der Waals surface area contributed by atoms with E-state index in [1.165, 1.54) is 47.1 Å². The number of nitrogens with zero attached hydrogens (tertiary/aromatic N) is 2. The highest BCUT2D eigenvalue weighted by molar-refractivity contribution is 6.03. The molecule has 3 rings (SSSR count). The highest BCUT2D eigenvalue weighted by Crippen LogP contribution is 2.22. The van der Waals surface area contributed by atoms with E-state index in [4.69, 9.17) is 5.11 Å². The van der Waals surface area contributed by atoms with Crippen molar-refractivity contribution in [2.24, 2.45) is 0 Å². The number of ether oxygens (including phenoxy) is 1. The minimum absolute atomic E-state index is 0.00345. The first kappa shape index (κ1) is 17.3. The number of alkyl halides is 2. The van der Waals surface area contributed by atoms with Gasteiger partial charge in [-0.25, -0.2) is 9.59 Å². The Morgan fingerprint density at radius 1 is 1.08 bits per heavy atom. The summed E-state index contributed by atoms with van der Waals surface area (Å²) in [4.78, 5) is 22.5. The van der Waals surface area contributed by atoms with Crippen LogP contribution in [0.25, 0.3) is 10.9 Å². The lowest BCUT2D eigenvalue weighted by molar-refractivity contribution is -0.0498. The van der Waals surface area contributed by atoms with Gasteiger partial charge in [0.25, 0.3) is 0 Å². The van der Waals surface area contributed by atoms with Crippen LogP contribution < -0.4 is 4.74 Å². The standard InChI is InChI=1S/C17H12F2N2O5/c18-17(19)26-11-4-1-9(2-5-11)8-21-13-7-10(15(22)23)3-6-12(13)14(20-21)16(24)25/h1-7,17H,8H2,(H,22,23)(H,24,25). The van der Waals surface area contributed by atoms with E-state index in [1.54, 1.807) is 0 Å². The quantitative estimate of drug-likeness (QED) is 0.699. The third kappa shape index (κ3) is 3.46. The van der Waals surface area contributed by atoms with Crippen molar-refractivity contribution in [3.63, 3.8) is 0 Å². The van der Waals surface area contributed by atoms with Crippen molar-refractivity contribution in [1.82, 2.24) is 9.78 Å². The number of fused-ring (bicyclic) bond motifs is 1. The topological polar surface area (TPSA) is 102 Å². The lowest BCUT2D eigenvalue weighted by atomic mass is 10.1. The van der Waals surface area contributed by atoms with Crippen LogP contribution in [-0.2, 0) is 6.54 Å². The summed E-state index contributed by atoms with van der Waals surface area (Å²) in [7, 11) is 0. The molecule has 26 heavy (non-hydrogen) atoms. The molecule has 9 heteroatoms. The first-order valence-electron chi connectivity index (χ1n) is 7.36. The lowest BCUT2D eigenvalue weighted by Gasteiger charge is -2.07. The van der Waals surface area contributed by atoms with Crippen LogP contribution in [0, 0.1) is 0 Å². The summed E-state index contributed by atoms with van der Waals surface area (Å²) in [5, 5.41) is 22.7.